The number of hydrogen-bond acceptors (Lipinski definition) is 2. The van der Waals surface area contributed by atoms with E-state index in [0.717, 1.165) is 11.1 Å². The third kappa shape index (κ3) is 3.59. The fraction of sp³-hybridized carbons (Fsp3) is 0.125. The standard InChI is InChI=1S/C16H13ClN2O/c1-11-3-2-4-12(7-11)8-16(20)19-15-9-14(17)6-5-13(15)10-18/h2-7,9H,8H2,1H3,(H,19,20). The number of halogens is 1. The Labute approximate surface area is 122 Å². The van der Waals surface area contributed by atoms with Crippen LogP contribution < -0.4 is 5.32 Å². The monoisotopic (exact) mass is 284 g/mol. The molecule has 0 aliphatic carbocycles. The maximum Gasteiger partial charge on any atom is 0.228 e. The van der Waals surface area contributed by atoms with E-state index < -0.39 is 0 Å². The predicted octanol–water partition coefficient (Wildman–Crippen LogP) is 3.70. The number of nitriles is 1. The van der Waals surface area contributed by atoms with Crippen LogP contribution >= 0.6 is 11.6 Å². The molecule has 0 aliphatic rings. The minimum Gasteiger partial charge on any atom is -0.325 e. The molecule has 4 heteroatoms. The molecule has 3 nitrogen and oxygen atoms in total. The summed E-state index contributed by atoms with van der Waals surface area (Å²) in [6, 6.07) is 14.6. The summed E-state index contributed by atoms with van der Waals surface area (Å²) < 4.78 is 0. The lowest BCUT2D eigenvalue weighted by Crippen LogP contribution is -2.15. The Balaban J connectivity index is 2.13. The predicted molar refractivity (Wildman–Crippen MR) is 79.7 cm³/mol. The van der Waals surface area contributed by atoms with E-state index in [9.17, 15) is 4.79 Å². The van der Waals surface area contributed by atoms with Gasteiger partial charge in [-0.15, -0.1) is 0 Å². The number of hydrogen-bond donors (Lipinski definition) is 1. The van der Waals surface area contributed by atoms with Crippen LogP contribution in [0.5, 0.6) is 0 Å². The highest BCUT2D eigenvalue weighted by atomic mass is 35.5. The number of carbonyl (C=O) groups is 1. The number of benzene rings is 2. The summed E-state index contributed by atoms with van der Waals surface area (Å²) in [6.45, 7) is 1.98. The molecule has 0 saturated heterocycles. The van der Waals surface area contributed by atoms with Crippen LogP contribution in [0.2, 0.25) is 5.02 Å². The first kappa shape index (κ1) is 14.1. The second-order valence-electron chi connectivity index (χ2n) is 4.52. The molecule has 20 heavy (non-hydrogen) atoms. The fourth-order valence-corrected chi connectivity index (χ4v) is 2.09. The van der Waals surface area contributed by atoms with Crippen molar-refractivity contribution >= 4 is 23.2 Å². The topological polar surface area (TPSA) is 52.9 Å². The van der Waals surface area contributed by atoms with Crippen LogP contribution in [0, 0.1) is 18.3 Å². The molecule has 0 bridgehead atoms. The van der Waals surface area contributed by atoms with Gasteiger partial charge in [0.2, 0.25) is 5.91 Å². The molecule has 2 rings (SSSR count). The number of nitrogens with one attached hydrogen (secondary N) is 1. The molecular formula is C16H13ClN2O. The Kier molecular flexibility index (Phi) is 4.39. The quantitative estimate of drug-likeness (QED) is 0.934. The summed E-state index contributed by atoms with van der Waals surface area (Å²) in [7, 11) is 0. The van der Waals surface area contributed by atoms with E-state index in [1.165, 1.54) is 0 Å². The molecule has 100 valence electrons. The van der Waals surface area contributed by atoms with Gasteiger partial charge in [0.15, 0.2) is 0 Å². The Morgan fingerprint density at radius 3 is 2.80 bits per heavy atom. The largest absolute Gasteiger partial charge is 0.325 e. The zero-order valence-electron chi connectivity index (χ0n) is 11.0. The number of carbonyl (C=O) groups excluding carboxylic acids is 1. The van der Waals surface area contributed by atoms with Gasteiger partial charge < -0.3 is 5.32 Å². The summed E-state index contributed by atoms with van der Waals surface area (Å²) in [5.41, 5.74) is 2.88. The zero-order valence-corrected chi connectivity index (χ0v) is 11.7. The van der Waals surface area contributed by atoms with E-state index in [0.29, 0.717) is 16.3 Å². The molecule has 0 aromatic heterocycles. The van der Waals surface area contributed by atoms with Gasteiger partial charge in [-0.05, 0) is 30.7 Å². The number of nitrogens with zero attached hydrogens (tertiary/aromatic N) is 1. The van der Waals surface area contributed by atoms with Gasteiger partial charge in [0.1, 0.15) is 6.07 Å². The van der Waals surface area contributed by atoms with Crippen molar-refractivity contribution in [3.8, 4) is 6.07 Å². The van der Waals surface area contributed by atoms with Gasteiger partial charge in [-0.2, -0.15) is 5.26 Å². The molecule has 2 aromatic carbocycles. The van der Waals surface area contributed by atoms with Gasteiger partial charge in [-0.25, -0.2) is 0 Å². The van der Waals surface area contributed by atoms with E-state index >= 15 is 0 Å². The van der Waals surface area contributed by atoms with Crippen molar-refractivity contribution in [3.63, 3.8) is 0 Å². The highest BCUT2D eigenvalue weighted by molar-refractivity contribution is 6.31. The molecule has 0 saturated carbocycles. The van der Waals surface area contributed by atoms with Crippen molar-refractivity contribution in [1.82, 2.24) is 0 Å². The molecule has 0 atom stereocenters. The minimum absolute atomic E-state index is 0.172. The lowest BCUT2D eigenvalue weighted by Gasteiger charge is -2.08. The number of rotatable bonds is 3. The van der Waals surface area contributed by atoms with E-state index in [1.54, 1.807) is 18.2 Å². The second-order valence-corrected chi connectivity index (χ2v) is 4.95. The van der Waals surface area contributed by atoms with E-state index in [1.807, 2.05) is 37.3 Å². The Hall–Kier alpha value is -2.31. The third-order valence-corrected chi connectivity index (χ3v) is 3.06. The summed E-state index contributed by atoms with van der Waals surface area (Å²) in [5, 5.41) is 12.2. The normalized spacial score (nSPS) is 9.85. The van der Waals surface area contributed by atoms with Crippen LogP contribution in [0.25, 0.3) is 0 Å². The molecule has 0 spiro atoms. The van der Waals surface area contributed by atoms with Crippen LogP contribution in [0.4, 0.5) is 5.69 Å². The van der Waals surface area contributed by atoms with Crippen molar-refractivity contribution < 1.29 is 4.79 Å². The van der Waals surface area contributed by atoms with E-state index in [2.05, 4.69) is 5.32 Å². The maximum absolute atomic E-state index is 12.0. The van der Waals surface area contributed by atoms with Gasteiger partial charge in [0.25, 0.3) is 0 Å². The fourth-order valence-electron chi connectivity index (χ4n) is 1.92. The number of amides is 1. The average molecular weight is 285 g/mol. The Morgan fingerprint density at radius 1 is 1.30 bits per heavy atom. The van der Waals surface area contributed by atoms with Crippen molar-refractivity contribution in [2.45, 2.75) is 13.3 Å². The van der Waals surface area contributed by atoms with Crippen LogP contribution in [-0.4, -0.2) is 5.91 Å². The highest BCUT2D eigenvalue weighted by Crippen LogP contribution is 2.20. The first-order valence-corrected chi connectivity index (χ1v) is 6.51. The SMILES string of the molecule is Cc1cccc(CC(=O)Nc2cc(Cl)ccc2C#N)c1. The summed E-state index contributed by atoms with van der Waals surface area (Å²) in [6.07, 6.45) is 0.263. The average Bonchev–Trinajstić information content (AvgIpc) is 2.38. The maximum atomic E-state index is 12.0. The molecule has 1 amide bonds. The first-order chi connectivity index (χ1) is 9.58. The van der Waals surface area contributed by atoms with Gasteiger partial charge in [-0.3, -0.25) is 4.79 Å². The molecule has 0 aliphatic heterocycles. The van der Waals surface area contributed by atoms with Gasteiger partial charge in [-0.1, -0.05) is 41.4 Å². The smallest absolute Gasteiger partial charge is 0.228 e. The lowest BCUT2D eigenvalue weighted by molar-refractivity contribution is -0.115. The van der Waals surface area contributed by atoms with Crippen molar-refractivity contribution in [2.24, 2.45) is 0 Å². The van der Waals surface area contributed by atoms with Crippen LogP contribution in [0.3, 0.4) is 0 Å². The molecule has 0 unspecified atom stereocenters. The van der Waals surface area contributed by atoms with Gasteiger partial charge in [0, 0.05) is 5.02 Å². The Morgan fingerprint density at radius 2 is 2.10 bits per heavy atom. The van der Waals surface area contributed by atoms with Crippen molar-refractivity contribution in [3.05, 3.63) is 64.2 Å². The molecule has 0 heterocycles. The Bertz CT molecular complexity index is 689. The summed E-state index contributed by atoms with van der Waals surface area (Å²) >= 11 is 5.88. The molecular weight excluding hydrogens is 272 g/mol. The molecule has 2 aromatic rings. The van der Waals surface area contributed by atoms with Gasteiger partial charge in [0.05, 0.1) is 17.7 Å². The number of anilines is 1. The molecule has 0 fully saturated rings. The first-order valence-electron chi connectivity index (χ1n) is 6.13. The molecule has 1 N–H and O–H groups in total. The lowest BCUT2D eigenvalue weighted by atomic mass is 10.1. The third-order valence-electron chi connectivity index (χ3n) is 2.82. The van der Waals surface area contributed by atoms with Crippen molar-refractivity contribution in [2.75, 3.05) is 5.32 Å². The molecule has 0 radical (unpaired) electrons. The van der Waals surface area contributed by atoms with Gasteiger partial charge >= 0.3 is 0 Å². The summed E-state index contributed by atoms with van der Waals surface area (Å²) in [5.74, 6) is -0.172. The second kappa shape index (κ2) is 6.23. The highest BCUT2D eigenvalue weighted by Gasteiger charge is 2.08. The van der Waals surface area contributed by atoms with Crippen LogP contribution in [0.15, 0.2) is 42.5 Å². The van der Waals surface area contributed by atoms with Crippen LogP contribution in [0.1, 0.15) is 16.7 Å². The number of aryl methyl sites for hydroxylation is 1. The van der Waals surface area contributed by atoms with E-state index in [-0.39, 0.29) is 12.3 Å². The van der Waals surface area contributed by atoms with Crippen LogP contribution in [-0.2, 0) is 11.2 Å². The minimum atomic E-state index is -0.172. The van der Waals surface area contributed by atoms with E-state index in [4.69, 9.17) is 16.9 Å². The summed E-state index contributed by atoms with van der Waals surface area (Å²) in [4.78, 5) is 12.0. The van der Waals surface area contributed by atoms with Crippen molar-refractivity contribution in [1.29, 1.82) is 5.26 Å². The zero-order chi connectivity index (χ0) is 14.5.